The highest BCUT2D eigenvalue weighted by atomic mass is 16.7. The second-order valence-electron chi connectivity index (χ2n) is 11.9. The van der Waals surface area contributed by atoms with Crippen LogP contribution in [0, 0.1) is 5.92 Å². The van der Waals surface area contributed by atoms with Gasteiger partial charge >= 0.3 is 0 Å². The maximum Gasteiger partial charge on any atom is 0.224 e. The van der Waals surface area contributed by atoms with Gasteiger partial charge in [0.25, 0.3) is 0 Å². The van der Waals surface area contributed by atoms with Crippen molar-refractivity contribution in [1.29, 1.82) is 0 Å². The predicted octanol–water partition coefficient (Wildman–Crippen LogP) is 5.87. The van der Waals surface area contributed by atoms with Crippen molar-refractivity contribution in [3.63, 3.8) is 0 Å². The fraction of sp³-hybridized carbons (Fsp3) is 0.588. The molecule has 2 aromatic rings. The minimum absolute atomic E-state index is 0.0126. The van der Waals surface area contributed by atoms with Crippen molar-refractivity contribution in [2.45, 2.75) is 96.7 Å². The maximum absolute atomic E-state index is 12.6. The molecule has 0 saturated carbocycles. The molecule has 8 nitrogen and oxygen atoms in total. The van der Waals surface area contributed by atoms with Gasteiger partial charge in [-0.2, -0.15) is 0 Å². The van der Waals surface area contributed by atoms with Crippen molar-refractivity contribution < 1.29 is 24.2 Å². The van der Waals surface area contributed by atoms with Gasteiger partial charge in [-0.1, -0.05) is 69.0 Å². The Labute approximate surface area is 251 Å². The first-order valence-corrected chi connectivity index (χ1v) is 15.8. The Kier molecular flexibility index (Phi) is 12.8. The smallest absolute Gasteiger partial charge is 0.224 e. The van der Waals surface area contributed by atoms with E-state index < -0.39 is 6.29 Å². The number of nitrogens with zero attached hydrogens (tertiary/aromatic N) is 1. The number of unbranched alkanes of at least 4 members (excludes halogenated alkanes) is 2. The minimum atomic E-state index is -0.561. The first kappa shape index (κ1) is 32.1. The number of nitrogens with one attached hydrogen (secondary N) is 2. The van der Waals surface area contributed by atoms with Gasteiger partial charge in [-0.3, -0.25) is 9.59 Å². The molecule has 0 radical (unpaired) electrons. The van der Waals surface area contributed by atoms with Crippen molar-refractivity contribution >= 4 is 17.5 Å². The lowest BCUT2D eigenvalue weighted by Gasteiger charge is -2.43. The molecule has 42 heavy (non-hydrogen) atoms. The molecule has 3 N–H and O–H groups in total. The van der Waals surface area contributed by atoms with Crippen molar-refractivity contribution in [2.75, 3.05) is 31.5 Å². The molecule has 8 heteroatoms. The van der Waals surface area contributed by atoms with Crippen molar-refractivity contribution in [2.24, 2.45) is 5.92 Å². The number of benzene rings is 2. The summed E-state index contributed by atoms with van der Waals surface area (Å²) >= 11 is 0. The Morgan fingerprint density at radius 3 is 2.38 bits per heavy atom. The zero-order valence-corrected chi connectivity index (χ0v) is 25.4. The van der Waals surface area contributed by atoms with E-state index in [1.165, 1.54) is 39.0 Å². The summed E-state index contributed by atoms with van der Waals surface area (Å²) in [7, 11) is 0. The molecular weight excluding hydrogens is 530 g/mol. The summed E-state index contributed by atoms with van der Waals surface area (Å²) in [5.74, 6) is 0.0883. The second-order valence-corrected chi connectivity index (χ2v) is 11.9. The summed E-state index contributed by atoms with van der Waals surface area (Å²) in [6.45, 7) is 7.45. The van der Waals surface area contributed by atoms with Gasteiger partial charge in [-0.25, -0.2) is 0 Å². The molecule has 0 aromatic heterocycles. The fourth-order valence-electron chi connectivity index (χ4n) is 5.92. The second kappa shape index (κ2) is 16.8. The van der Waals surface area contributed by atoms with Gasteiger partial charge in [0.15, 0.2) is 6.29 Å². The van der Waals surface area contributed by atoms with Crippen LogP contribution in [-0.2, 0) is 25.7 Å². The number of anilines is 1. The number of aliphatic hydroxyl groups is 1. The highest BCUT2D eigenvalue weighted by Gasteiger charge is 2.39. The third-order valence-corrected chi connectivity index (χ3v) is 8.41. The topological polar surface area (TPSA) is 100 Å². The van der Waals surface area contributed by atoms with Crippen LogP contribution in [0.3, 0.4) is 0 Å². The molecule has 0 aliphatic carbocycles. The van der Waals surface area contributed by atoms with E-state index in [4.69, 9.17) is 9.47 Å². The Bertz CT molecular complexity index is 1120. The molecule has 0 bridgehead atoms. The summed E-state index contributed by atoms with van der Waals surface area (Å²) in [6, 6.07) is 15.8. The number of aliphatic hydroxyl groups excluding tert-OH is 1. The van der Waals surface area contributed by atoms with Gasteiger partial charge in [-0.15, -0.1) is 0 Å². The molecule has 4 atom stereocenters. The van der Waals surface area contributed by atoms with E-state index in [1.54, 1.807) is 0 Å². The molecule has 2 aliphatic rings. The molecule has 0 unspecified atom stereocenters. The van der Waals surface area contributed by atoms with Crippen molar-refractivity contribution in [3.8, 4) is 0 Å². The third kappa shape index (κ3) is 9.90. The minimum Gasteiger partial charge on any atom is -0.392 e. The lowest BCUT2D eigenvalue weighted by atomic mass is 9.89. The van der Waals surface area contributed by atoms with Crippen LogP contribution in [0.1, 0.15) is 101 Å². The van der Waals surface area contributed by atoms with Gasteiger partial charge in [0, 0.05) is 43.6 Å². The first-order valence-electron chi connectivity index (χ1n) is 15.8. The summed E-state index contributed by atoms with van der Waals surface area (Å²) in [6.07, 6.45) is 8.58. The zero-order valence-electron chi connectivity index (χ0n) is 25.4. The number of carbonyl (C=O) groups is 2. The van der Waals surface area contributed by atoms with Crippen molar-refractivity contribution in [1.82, 2.24) is 10.2 Å². The summed E-state index contributed by atoms with van der Waals surface area (Å²) < 4.78 is 13.3. The van der Waals surface area contributed by atoms with E-state index >= 15 is 0 Å². The van der Waals surface area contributed by atoms with Gasteiger partial charge in [0.1, 0.15) is 0 Å². The average Bonchev–Trinajstić information content (AvgIpc) is 2.97. The summed E-state index contributed by atoms with van der Waals surface area (Å²) in [5, 5.41) is 15.4. The molecule has 4 rings (SSSR count). The molecule has 2 aliphatic heterocycles. The fourth-order valence-corrected chi connectivity index (χ4v) is 5.92. The van der Waals surface area contributed by atoms with Gasteiger partial charge in [-0.05, 0) is 62.0 Å². The molecule has 230 valence electrons. The van der Waals surface area contributed by atoms with Crippen LogP contribution in [0.15, 0.2) is 48.5 Å². The number of hydrogen-bond acceptors (Lipinski definition) is 6. The molecule has 0 spiro atoms. The molecule has 2 saturated heterocycles. The van der Waals surface area contributed by atoms with Crippen LogP contribution in [0.5, 0.6) is 0 Å². The Morgan fingerprint density at radius 1 is 0.929 bits per heavy atom. The van der Waals surface area contributed by atoms with Gasteiger partial charge < -0.3 is 30.1 Å². The standard InChI is InChI=1S/C34H49N3O5/c1-25-31(23-37-20-9-4-3-5-10-21-37)41-34(42-33(25)28-17-15-27(24-38)16-18-28)29-12-11-13-30(22-29)36-32(40)14-7-6-8-19-35-26(2)39/h11-13,15-18,22,25,31,33-34,38H,3-10,14,19-21,23-24H2,1-2H3,(H,35,39)(H,36,40)/t25-,31+,33+,34+/m0/s1. The number of carbonyl (C=O) groups excluding carboxylic acids is 2. The van der Waals surface area contributed by atoms with E-state index in [1.807, 2.05) is 36.4 Å². The number of hydrogen-bond donors (Lipinski definition) is 3. The molecular formula is C34H49N3O5. The predicted molar refractivity (Wildman–Crippen MR) is 165 cm³/mol. The van der Waals surface area contributed by atoms with E-state index in [-0.39, 0.29) is 36.5 Å². The van der Waals surface area contributed by atoms with E-state index in [9.17, 15) is 14.7 Å². The van der Waals surface area contributed by atoms with E-state index in [0.29, 0.717) is 13.0 Å². The van der Waals surface area contributed by atoms with Crippen LogP contribution in [0.4, 0.5) is 5.69 Å². The Balaban J connectivity index is 1.43. The summed E-state index contributed by atoms with van der Waals surface area (Å²) in [5.41, 5.74) is 3.56. The van der Waals surface area contributed by atoms with E-state index in [0.717, 1.165) is 61.3 Å². The number of ether oxygens (including phenoxy) is 2. The summed E-state index contributed by atoms with van der Waals surface area (Å²) in [4.78, 5) is 26.2. The zero-order chi connectivity index (χ0) is 29.7. The van der Waals surface area contributed by atoms with Crippen LogP contribution in [0.2, 0.25) is 0 Å². The third-order valence-electron chi connectivity index (χ3n) is 8.41. The number of rotatable bonds is 12. The Hall–Kier alpha value is -2.78. The molecule has 2 heterocycles. The molecule has 2 aromatic carbocycles. The monoisotopic (exact) mass is 579 g/mol. The highest BCUT2D eigenvalue weighted by Crippen LogP contribution is 2.42. The molecule has 2 fully saturated rings. The van der Waals surface area contributed by atoms with Crippen LogP contribution in [0.25, 0.3) is 0 Å². The lowest BCUT2D eigenvalue weighted by molar-refractivity contribution is -0.276. The lowest BCUT2D eigenvalue weighted by Crippen LogP contribution is -2.45. The number of likely N-dealkylation sites (tertiary alicyclic amines) is 1. The average molecular weight is 580 g/mol. The van der Waals surface area contributed by atoms with Crippen molar-refractivity contribution in [3.05, 3.63) is 65.2 Å². The van der Waals surface area contributed by atoms with Gasteiger partial charge in [0.2, 0.25) is 11.8 Å². The quantitative estimate of drug-likeness (QED) is 0.272. The SMILES string of the molecule is CC(=O)NCCCCCC(=O)Nc1cccc([C@@H]2O[C@H](CN3CCCCCCC3)[C@H](C)[C@H](c3ccc(CO)cc3)O2)c1. The highest BCUT2D eigenvalue weighted by molar-refractivity contribution is 5.90. The van der Waals surface area contributed by atoms with Crippen LogP contribution in [-0.4, -0.2) is 54.1 Å². The van der Waals surface area contributed by atoms with Crippen LogP contribution < -0.4 is 10.6 Å². The van der Waals surface area contributed by atoms with E-state index in [2.05, 4.69) is 34.6 Å². The maximum atomic E-state index is 12.6. The van der Waals surface area contributed by atoms with Crippen LogP contribution >= 0.6 is 0 Å². The normalized spacial score (nSPS) is 23.5. The first-order chi connectivity index (χ1) is 20.4. The van der Waals surface area contributed by atoms with Gasteiger partial charge in [0.05, 0.1) is 18.8 Å². The largest absolute Gasteiger partial charge is 0.392 e. The molecule has 2 amide bonds. The Morgan fingerprint density at radius 2 is 1.67 bits per heavy atom. The number of amides is 2.